The van der Waals surface area contributed by atoms with Crippen LogP contribution in [-0.4, -0.2) is 18.2 Å². The molecule has 0 aliphatic carbocycles. The molecule has 0 aliphatic heterocycles. The normalized spacial score (nSPS) is 13.6. The molecular formula is C22H30BrNO4. The number of ether oxygens (including phenoxy) is 2. The first kappa shape index (κ1) is 22.6. The Morgan fingerprint density at radius 1 is 1.18 bits per heavy atom. The number of fused-ring (bicyclic) bond motifs is 1. The van der Waals surface area contributed by atoms with E-state index in [1.165, 1.54) is 0 Å². The molecule has 0 aliphatic rings. The van der Waals surface area contributed by atoms with Crippen LogP contribution in [0.25, 0.3) is 10.9 Å². The van der Waals surface area contributed by atoms with E-state index >= 15 is 0 Å². The number of carbonyl (C=O) groups is 1. The van der Waals surface area contributed by atoms with Gasteiger partial charge in [-0.25, -0.2) is 0 Å². The summed E-state index contributed by atoms with van der Waals surface area (Å²) in [5, 5.41) is 13.3. The Kier molecular flexibility index (Phi) is 6.46. The van der Waals surface area contributed by atoms with Gasteiger partial charge in [0.25, 0.3) is 0 Å². The zero-order valence-electron chi connectivity index (χ0n) is 18.0. The third-order valence-electron chi connectivity index (χ3n) is 4.35. The van der Waals surface area contributed by atoms with Crippen LogP contribution in [0.4, 0.5) is 0 Å². The Morgan fingerprint density at radius 2 is 1.79 bits per heavy atom. The van der Waals surface area contributed by atoms with Crippen molar-refractivity contribution < 1.29 is 19.0 Å². The van der Waals surface area contributed by atoms with Crippen molar-refractivity contribution in [2.24, 2.45) is 5.41 Å². The molecule has 1 atom stereocenters. The molecule has 5 nitrogen and oxygen atoms in total. The van der Waals surface area contributed by atoms with Gasteiger partial charge in [-0.2, -0.15) is 4.73 Å². The van der Waals surface area contributed by atoms with Gasteiger partial charge in [-0.05, 0) is 76.0 Å². The molecule has 154 valence electrons. The smallest absolute Gasteiger partial charge is 0.311 e. The van der Waals surface area contributed by atoms with Gasteiger partial charge in [-0.3, -0.25) is 4.79 Å². The average Bonchev–Trinajstić information content (AvgIpc) is 2.53. The second-order valence-corrected chi connectivity index (χ2v) is 9.98. The van der Waals surface area contributed by atoms with E-state index in [2.05, 4.69) is 15.9 Å². The van der Waals surface area contributed by atoms with Crippen molar-refractivity contribution >= 4 is 32.8 Å². The maximum Gasteiger partial charge on any atom is 0.311 e. The van der Waals surface area contributed by atoms with Gasteiger partial charge in [-0.15, -0.1) is 0 Å². The first-order valence-corrected chi connectivity index (χ1v) is 10.2. The van der Waals surface area contributed by atoms with Gasteiger partial charge in [0.15, 0.2) is 5.69 Å². The van der Waals surface area contributed by atoms with Crippen LogP contribution >= 0.6 is 15.9 Å². The van der Waals surface area contributed by atoms with Crippen LogP contribution in [0, 0.1) is 24.5 Å². The molecule has 1 unspecified atom stereocenters. The molecule has 0 saturated heterocycles. The van der Waals surface area contributed by atoms with Gasteiger partial charge in [0, 0.05) is 29.1 Å². The summed E-state index contributed by atoms with van der Waals surface area (Å²) in [6.07, 6.45) is -0.466. The molecule has 2 rings (SSSR count). The SMILES string of the molecule is Cc1cc2c(ccc(C)[n+]2[O-])c(Br)c1C(COC(=O)C(C)(C)C)OC(C)(C)C. The van der Waals surface area contributed by atoms with E-state index in [-0.39, 0.29) is 12.6 Å². The summed E-state index contributed by atoms with van der Waals surface area (Å²) in [7, 11) is 0. The predicted molar refractivity (Wildman–Crippen MR) is 114 cm³/mol. The maximum absolute atomic E-state index is 12.5. The van der Waals surface area contributed by atoms with Crippen LogP contribution in [0.1, 0.15) is 64.5 Å². The number of carbonyl (C=O) groups excluding carboxylic acids is 1. The summed E-state index contributed by atoms with van der Waals surface area (Å²) in [4.78, 5) is 12.3. The maximum atomic E-state index is 12.5. The van der Waals surface area contributed by atoms with E-state index in [4.69, 9.17) is 9.47 Å². The standard InChI is InChI=1S/C22H30BrNO4/c1-13-11-16-15(10-9-14(2)24(16)26)19(23)18(13)17(28-22(6,7)8)12-27-20(25)21(3,4)5/h9-11,17H,12H2,1-8H3. The van der Waals surface area contributed by atoms with Crippen molar-refractivity contribution in [1.29, 1.82) is 0 Å². The fourth-order valence-electron chi connectivity index (χ4n) is 2.95. The van der Waals surface area contributed by atoms with Crippen molar-refractivity contribution in [3.63, 3.8) is 0 Å². The summed E-state index contributed by atoms with van der Waals surface area (Å²) in [5.74, 6) is -0.280. The van der Waals surface area contributed by atoms with E-state index in [0.717, 1.165) is 25.7 Å². The van der Waals surface area contributed by atoms with Crippen molar-refractivity contribution in [1.82, 2.24) is 0 Å². The number of hydrogen-bond acceptors (Lipinski definition) is 4. The summed E-state index contributed by atoms with van der Waals surface area (Å²) in [6, 6.07) is 5.57. The highest BCUT2D eigenvalue weighted by atomic mass is 79.9. The van der Waals surface area contributed by atoms with Crippen LogP contribution in [0.2, 0.25) is 0 Å². The van der Waals surface area contributed by atoms with Gasteiger partial charge >= 0.3 is 5.97 Å². The highest BCUT2D eigenvalue weighted by Gasteiger charge is 2.30. The quantitative estimate of drug-likeness (QED) is 0.359. The van der Waals surface area contributed by atoms with E-state index in [0.29, 0.717) is 11.2 Å². The minimum absolute atomic E-state index is 0.0988. The number of pyridine rings is 1. The average molecular weight is 452 g/mol. The van der Waals surface area contributed by atoms with Crippen LogP contribution in [0.3, 0.4) is 0 Å². The molecule has 1 heterocycles. The lowest BCUT2D eigenvalue weighted by Gasteiger charge is -2.30. The molecule has 1 aromatic heterocycles. The van der Waals surface area contributed by atoms with E-state index in [1.807, 2.05) is 60.6 Å². The van der Waals surface area contributed by atoms with E-state index in [1.54, 1.807) is 13.0 Å². The number of rotatable bonds is 4. The van der Waals surface area contributed by atoms with Gasteiger partial charge in [0.2, 0.25) is 5.52 Å². The third-order valence-corrected chi connectivity index (χ3v) is 5.21. The fourth-order valence-corrected chi connectivity index (χ4v) is 3.85. The Hall–Kier alpha value is -1.66. The number of nitrogens with zero attached hydrogens (tertiary/aromatic N) is 1. The zero-order chi connectivity index (χ0) is 21.4. The highest BCUT2D eigenvalue weighted by Crippen LogP contribution is 2.37. The monoisotopic (exact) mass is 451 g/mol. The number of esters is 1. The van der Waals surface area contributed by atoms with E-state index in [9.17, 15) is 10.0 Å². The first-order chi connectivity index (χ1) is 12.7. The number of hydrogen-bond donors (Lipinski definition) is 0. The molecular weight excluding hydrogens is 422 g/mol. The lowest BCUT2D eigenvalue weighted by Crippen LogP contribution is -2.32. The molecule has 0 amide bonds. The van der Waals surface area contributed by atoms with Gasteiger partial charge in [-0.1, -0.05) is 0 Å². The fraction of sp³-hybridized carbons (Fsp3) is 0.545. The molecule has 0 fully saturated rings. The number of benzene rings is 1. The summed E-state index contributed by atoms with van der Waals surface area (Å²) in [5.41, 5.74) is 1.98. The van der Waals surface area contributed by atoms with Crippen molar-refractivity contribution in [2.75, 3.05) is 6.61 Å². The Bertz CT molecular complexity index is 894. The topological polar surface area (TPSA) is 62.5 Å². The highest BCUT2D eigenvalue weighted by molar-refractivity contribution is 9.10. The lowest BCUT2D eigenvalue weighted by atomic mass is 9.97. The second-order valence-electron chi connectivity index (χ2n) is 9.19. The Morgan fingerprint density at radius 3 is 2.32 bits per heavy atom. The summed E-state index contributed by atoms with van der Waals surface area (Å²) >= 11 is 3.67. The molecule has 2 aromatic rings. The molecule has 1 aromatic carbocycles. The van der Waals surface area contributed by atoms with E-state index < -0.39 is 17.1 Å². The van der Waals surface area contributed by atoms with Crippen LogP contribution < -0.4 is 4.73 Å². The van der Waals surface area contributed by atoms with Gasteiger partial charge in [0.05, 0.1) is 16.4 Å². The molecule has 0 bridgehead atoms. The Labute approximate surface area is 175 Å². The van der Waals surface area contributed by atoms with Crippen LogP contribution in [-0.2, 0) is 14.3 Å². The molecule has 6 heteroatoms. The van der Waals surface area contributed by atoms with Gasteiger partial charge in [0.1, 0.15) is 12.7 Å². The second kappa shape index (κ2) is 7.99. The zero-order valence-corrected chi connectivity index (χ0v) is 19.6. The molecule has 0 spiro atoms. The van der Waals surface area contributed by atoms with Crippen molar-refractivity contribution in [3.05, 3.63) is 44.7 Å². The van der Waals surface area contributed by atoms with Crippen molar-refractivity contribution in [2.45, 2.75) is 67.1 Å². The number of aromatic nitrogens is 1. The molecule has 0 N–H and O–H groups in total. The number of halogens is 1. The van der Waals surface area contributed by atoms with Crippen LogP contribution in [0.5, 0.6) is 0 Å². The minimum atomic E-state index is -0.590. The predicted octanol–water partition coefficient (Wildman–Crippen LogP) is 5.30. The van der Waals surface area contributed by atoms with Crippen LogP contribution in [0.15, 0.2) is 22.7 Å². The minimum Gasteiger partial charge on any atom is -0.618 e. The van der Waals surface area contributed by atoms with Crippen molar-refractivity contribution in [3.8, 4) is 0 Å². The molecule has 28 heavy (non-hydrogen) atoms. The lowest BCUT2D eigenvalue weighted by molar-refractivity contribution is -0.584. The largest absolute Gasteiger partial charge is 0.618 e. The summed E-state index contributed by atoms with van der Waals surface area (Å²) < 4.78 is 13.6. The third kappa shape index (κ3) is 5.03. The summed E-state index contributed by atoms with van der Waals surface area (Å²) in [6.45, 7) is 15.2. The van der Waals surface area contributed by atoms with Gasteiger partial charge < -0.3 is 14.7 Å². The molecule has 0 saturated carbocycles. The Balaban J connectivity index is 2.54. The first-order valence-electron chi connectivity index (χ1n) is 9.39. The number of aryl methyl sites for hydroxylation is 2. The molecule has 0 radical (unpaired) electrons.